The third kappa shape index (κ3) is 3.95. The van der Waals surface area contributed by atoms with E-state index in [9.17, 15) is 13.6 Å². The molecule has 1 aromatic heterocycles. The number of aryl methyl sites for hydroxylation is 1. The van der Waals surface area contributed by atoms with Gasteiger partial charge in [0.05, 0.1) is 5.39 Å². The number of hydrogen-bond acceptors (Lipinski definition) is 4. The van der Waals surface area contributed by atoms with Crippen molar-refractivity contribution in [2.75, 3.05) is 5.73 Å². The van der Waals surface area contributed by atoms with Gasteiger partial charge in [-0.2, -0.15) is 0 Å². The number of fused-ring (bicyclic) bond motifs is 1. The van der Waals surface area contributed by atoms with Crippen molar-refractivity contribution in [3.8, 4) is 11.1 Å². The molecule has 0 bridgehead atoms. The summed E-state index contributed by atoms with van der Waals surface area (Å²) >= 11 is 0. The third-order valence-corrected chi connectivity index (χ3v) is 3.41. The van der Waals surface area contributed by atoms with Gasteiger partial charge < -0.3 is 10.8 Å². The number of carboxylic acid groups (broad SMARTS) is 1. The molecule has 3 rings (SSSR count). The Balaban J connectivity index is 0.000000399. The van der Waals surface area contributed by atoms with Crippen LogP contribution < -0.4 is 5.73 Å². The molecule has 3 aromatic rings. The first-order chi connectivity index (χ1) is 11.8. The average Bonchev–Trinajstić information content (AvgIpc) is 2.59. The second kappa shape index (κ2) is 7.48. The van der Waals surface area contributed by atoms with Crippen molar-refractivity contribution >= 4 is 22.7 Å². The summed E-state index contributed by atoms with van der Waals surface area (Å²) in [6.07, 6.45) is 2.06. The van der Waals surface area contributed by atoms with Crippen LogP contribution in [-0.2, 0) is 4.79 Å². The van der Waals surface area contributed by atoms with Gasteiger partial charge in [-0.05, 0) is 41.8 Å². The first-order valence-corrected chi connectivity index (χ1v) is 7.15. The zero-order valence-corrected chi connectivity index (χ0v) is 13.3. The summed E-state index contributed by atoms with van der Waals surface area (Å²) in [7, 11) is 0. The van der Waals surface area contributed by atoms with E-state index in [4.69, 9.17) is 10.8 Å². The molecule has 0 spiro atoms. The summed E-state index contributed by atoms with van der Waals surface area (Å²) in [6.45, 7) is 4.63. The minimum Gasteiger partial charge on any atom is -0.478 e. The molecule has 7 heteroatoms. The molecule has 128 valence electrons. The van der Waals surface area contributed by atoms with E-state index in [1.807, 2.05) is 0 Å². The van der Waals surface area contributed by atoms with E-state index in [1.54, 1.807) is 25.1 Å². The van der Waals surface area contributed by atoms with Crippen molar-refractivity contribution in [3.63, 3.8) is 0 Å². The molecule has 0 amide bonds. The quantitative estimate of drug-likeness (QED) is 0.692. The van der Waals surface area contributed by atoms with Gasteiger partial charge in [0.1, 0.15) is 29.3 Å². The fraction of sp³-hybridized carbons (Fsp3) is 0.0556. The molecule has 5 nitrogen and oxygen atoms in total. The van der Waals surface area contributed by atoms with Gasteiger partial charge in [-0.25, -0.2) is 23.5 Å². The van der Waals surface area contributed by atoms with Gasteiger partial charge in [0.25, 0.3) is 0 Å². The predicted molar refractivity (Wildman–Crippen MR) is 91.9 cm³/mol. The minimum atomic E-state index is -0.981. The number of rotatable bonds is 2. The number of aromatic nitrogens is 2. The van der Waals surface area contributed by atoms with E-state index >= 15 is 0 Å². The highest BCUT2D eigenvalue weighted by Crippen LogP contribution is 2.32. The van der Waals surface area contributed by atoms with E-state index in [2.05, 4.69) is 16.5 Å². The fourth-order valence-electron chi connectivity index (χ4n) is 2.22. The maximum absolute atomic E-state index is 13.8. The average molecular weight is 343 g/mol. The highest BCUT2D eigenvalue weighted by Gasteiger charge is 2.13. The molecule has 0 unspecified atom stereocenters. The highest BCUT2D eigenvalue weighted by atomic mass is 19.1. The first-order valence-electron chi connectivity index (χ1n) is 7.15. The van der Waals surface area contributed by atoms with Crippen molar-refractivity contribution in [1.82, 2.24) is 9.97 Å². The molecule has 0 fully saturated rings. The van der Waals surface area contributed by atoms with Crippen LogP contribution in [0.5, 0.6) is 0 Å². The van der Waals surface area contributed by atoms with Crippen LogP contribution in [0.25, 0.3) is 22.0 Å². The molecule has 0 atom stereocenters. The van der Waals surface area contributed by atoms with Crippen LogP contribution in [-0.4, -0.2) is 21.0 Å². The Hall–Kier alpha value is -3.35. The molecule has 0 aliphatic rings. The van der Waals surface area contributed by atoms with Crippen molar-refractivity contribution in [3.05, 3.63) is 66.5 Å². The van der Waals surface area contributed by atoms with Gasteiger partial charge in [-0.1, -0.05) is 18.7 Å². The van der Waals surface area contributed by atoms with E-state index in [0.29, 0.717) is 16.5 Å². The third-order valence-electron chi connectivity index (χ3n) is 3.41. The predicted octanol–water partition coefficient (Wildman–Crippen LogP) is 3.72. The smallest absolute Gasteiger partial charge is 0.327 e. The molecule has 2 aromatic carbocycles. The number of aliphatic carboxylic acids is 1. The largest absolute Gasteiger partial charge is 0.478 e. The molecule has 0 radical (unpaired) electrons. The van der Waals surface area contributed by atoms with Crippen molar-refractivity contribution < 1.29 is 18.7 Å². The molecule has 25 heavy (non-hydrogen) atoms. The number of anilines is 1. The molecular formula is C18H15F2N3O2. The molecule has 0 saturated heterocycles. The Morgan fingerprint density at radius 3 is 2.44 bits per heavy atom. The normalized spacial score (nSPS) is 10.0. The van der Waals surface area contributed by atoms with Gasteiger partial charge >= 0.3 is 5.97 Å². The highest BCUT2D eigenvalue weighted by molar-refractivity contribution is 6.01. The van der Waals surface area contributed by atoms with Crippen LogP contribution in [0.1, 0.15) is 5.56 Å². The van der Waals surface area contributed by atoms with Gasteiger partial charge in [0.2, 0.25) is 0 Å². The molecular weight excluding hydrogens is 328 g/mol. The zero-order valence-electron chi connectivity index (χ0n) is 13.3. The minimum absolute atomic E-state index is 0.164. The summed E-state index contributed by atoms with van der Waals surface area (Å²) in [5, 5.41) is 8.05. The molecule has 0 aliphatic carbocycles. The van der Waals surface area contributed by atoms with Crippen LogP contribution in [0.15, 0.2) is 49.3 Å². The van der Waals surface area contributed by atoms with Crippen LogP contribution in [0, 0.1) is 18.6 Å². The van der Waals surface area contributed by atoms with Crippen LogP contribution in [0.4, 0.5) is 14.6 Å². The van der Waals surface area contributed by atoms with E-state index in [0.717, 1.165) is 11.6 Å². The lowest BCUT2D eigenvalue weighted by Gasteiger charge is -2.09. The molecule has 1 heterocycles. The number of hydrogen-bond donors (Lipinski definition) is 2. The Morgan fingerprint density at radius 2 is 1.84 bits per heavy atom. The maximum atomic E-state index is 13.8. The SMILES string of the molecule is C=CC(=O)O.Cc1cc(-c2ccc(F)c3ncnc(N)c23)ccc1F. The van der Waals surface area contributed by atoms with Gasteiger partial charge in [0, 0.05) is 6.08 Å². The van der Waals surface area contributed by atoms with Gasteiger partial charge in [-0.3, -0.25) is 0 Å². The lowest BCUT2D eigenvalue weighted by molar-refractivity contribution is -0.131. The molecule has 0 aliphatic heterocycles. The van der Waals surface area contributed by atoms with Crippen molar-refractivity contribution in [2.45, 2.75) is 6.92 Å². The lowest BCUT2D eigenvalue weighted by Crippen LogP contribution is -1.97. The van der Waals surface area contributed by atoms with Crippen LogP contribution in [0.3, 0.4) is 0 Å². The summed E-state index contributed by atoms with van der Waals surface area (Å²) < 4.78 is 27.2. The number of nitrogen functional groups attached to an aromatic ring is 1. The van der Waals surface area contributed by atoms with E-state index < -0.39 is 11.8 Å². The molecule has 0 saturated carbocycles. The lowest BCUT2D eigenvalue weighted by atomic mass is 9.99. The molecule has 3 N–H and O–H groups in total. The van der Waals surface area contributed by atoms with Crippen molar-refractivity contribution in [2.24, 2.45) is 0 Å². The maximum Gasteiger partial charge on any atom is 0.327 e. The second-order valence-corrected chi connectivity index (χ2v) is 5.08. The fourth-order valence-corrected chi connectivity index (χ4v) is 2.22. The number of halogens is 2. The van der Waals surface area contributed by atoms with Gasteiger partial charge in [-0.15, -0.1) is 0 Å². The number of benzene rings is 2. The standard InChI is InChI=1S/C15H11F2N3.C3H4O2/c1-8-6-9(2-4-11(8)16)10-3-5-12(17)14-13(10)15(18)20-7-19-14;1-2-3(4)5/h2-7H,1H3,(H2,18,19,20);2H,1H2,(H,4,5). The number of carbonyl (C=O) groups is 1. The van der Waals surface area contributed by atoms with Crippen LogP contribution >= 0.6 is 0 Å². The van der Waals surface area contributed by atoms with Crippen LogP contribution in [0.2, 0.25) is 0 Å². The Labute approximate surface area is 142 Å². The number of nitrogens with two attached hydrogens (primary N) is 1. The summed E-state index contributed by atoms with van der Waals surface area (Å²) in [5.74, 6) is -1.53. The van der Waals surface area contributed by atoms with Gasteiger partial charge in [0.15, 0.2) is 0 Å². The van der Waals surface area contributed by atoms with Crippen molar-refractivity contribution in [1.29, 1.82) is 0 Å². The Morgan fingerprint density at radius 1 is 1.20 bits per heavy atom. The number of nitrogens with zero attached hydrogens (tertiary/aromatic N) is 2. The zero-order chi connectivity index (χ0) is 18.6. The summed E-state index contributed by atoms with van der Waals surface area (Å²) in [6, 6.07) is 7.61. The van der Waals surface area contributed by atoms with E-state index in [1.165, 1.54) is 18.5 Å². The number of carboxylic acids is 1. The van der Waals surface area contributed by atoms with E-state index in [-0.39, 0.29) is 17.2 Å². The topological polar surface area (TPSA) is 89.1 Å². The summed E-state index contributed by atoms with van der Waals surface area (Å²) in [5.41, 5.74) is 7.94. The first kappa shape index (κ1) is 18.0. The Kier molecular flexibility index (Phi) is 5.38. The monoisotopic (exact) mass is 343 g/mol. The second-order valence-electron chi connectivity index (χ2n) is 5.08. The Bertz CT molecular complexity index is 958. The summed E-state index contributed by atoms with van der Waals surface area (Å²) in [4.78, 5) is 17.1.